The Morgan fingerprint density at radius 1 is 1.31 bits per heavy atom. The Morgan fingerprint density at radius 3 is 2.86 bits per heavy atom. The number of urea groups is 1. The number of carbonyl (C=O) groups excluding carboxylic acids is 1. The molecule has 2 amide bonds. The number of aromatic nitrogens is 6. The van der Waals surface area contributed by atoms with Crippen LogP contribution in [0.2, 0.25) is 5.15 Å². The Morgan fingerprint density at radius 2 is 2.10 bits per heavy atom. The van der Waals surface area contributed by atoms with Gasteiger partial charge in [0.15, 0.2) is 0 Å². The fraction of sp³-hybridized carbons (Fsp3) is 0.211. The van der Waals surface area contributed by atoms with E-state index in [0.29, 0.717) is 18.1 Å². The summed E-state index contributed by atoms with van der Waals surface area (Å²) in [6.07, 6.45) is 4.03. The van der Waals surface area contributed by atoms with Crippen LogP contribution in [-0.2, 0) is 20.0 Å². The van der Waals surface area contributed by atoms with E-state index < -0.39 is 6.03 Å². The summed E-state index contributed by atoms with van der Waals surface area (Å²) in [5.74, 6) is 0. The van der Waals surface area contributed by atoms with Crippen molar-refractivity contribution in [2.24, 2.45) is 12.8 Å². The van der Waals surface area contributed by atoms with Crippen LogP contribution in [-0.4, -0.2) is 35.8 Å². The molecule has 1 atom stereocenters. The Balaban J connectivity index is 1.57. The molecule has 3 N–H and O–H groups in total. The molecule has 4 aromatic rings. The molecule has 9 nitrogen and oxygen atoms in total. The molecule has 0 fully saturated rings. The lowest BCUT2D eigenvalue weighted by atomic mass is 10.0. The van der Waals surface area contributed by atoms with Gasteiger partial charge in [-0.3, -0.25) is 4.68 Å². The van der Waals surface area contributed by atoms with E-state index >= 15 is 0 Å². The second-order valence-corrected chi connectivity index (χ2v) is 7.07. The number of primary amides is 1. The number of hydrogen-bond acceptors (Lipinski definition) is 5. The molecule has 0 radical (unpaired) electrons. The van der Waals surface area contributed by atoms with E-state index in [1.54, 1.807) is 21.6 Å². The first kappa shape index (κ1) is 18.9. The zero-order valence-electron chi connectivity index (χ0n) is 15.7. The van der Waals surface area contributed by atoms with Crippen molar-refractivity contribution in [1.82, 2.24) is 35.1 Å². The van der Waals surface area contributed by atoms with E-state index in [1.807, 2.05) is 43.6 Å². The van der Waals surface area contributed by atoms with Crippen molar-refractivity contribution in [2.45, 2.75) is 19.0 Å². The van der Waals surface area contributed by atoms with Crippen LogP contribution in [0.4, 0.5) is 4.79 Å². The standard InChI is InChI=1S/C19H19ClN8O/c1-27-18-13(9-22-27)7-17(20)23-16(18)11-28-10-14(25-26-28)8-15(24-19(21)29)12-5-3-2-4-6-12/h2-7,9-10,15H,8,11H2,1H3,(H3,21,24,29). The summed E-state index contributed by atoms with van der Waals surface area (Å²) in [4.78, 5) is 15.9. The minimum Gasteiger partial charge on any atom is -0.352 e. The number of nitrogens with one attached hydrogen (secondary N) is 1. The van der Waals surface area contributed by atoms with Gasteiger partial charge in [-0.2, -0.15) is 5.10 Å². The number of amides is 2. The van der Waals surface area contributed by atoms with E-state index in [2.05, 4.69) is 25.7 Å². The molecular weight excluding hydrogens is 392 g/mol. The summed E-state index contributed by atoms with van der Waals surface area (Å²) < 4.78 is 3.45. The van der Waals surface area contributed by atoms with Gasteiger partial charge in [0.25, 0.3) is 0 Å². The number of benzene rings is 1. The van der Waals surface area contributed by atoms with Crippen molar-refractivity contribution in [3.63, 3.8) is 0 Å². The largest absolute Gasteiger partial charge is 0.352 e. The van der Waals surface area contributed by atoms with E-state index in [1.165, 1.54) is 0 Å². The molecular formula is C19H19ClN8O. The SMILES string of the molecule is Cn1ncc2cc(Cl)nc(Cn3cc(CC(NC(N)=O)c4ccccc4)nn3)c21. The number of pyridine rings is 1. The maximum absolute atomic E-state index is 11.4. The van der Waals surface area contributed by atoms with Gasteiger partial charge in [0.1, 0.15) is 5.15 Å². The Labute approximate surface area is 171 Å². The van der Waals surface area contributed by atoms with E-state index in [0.717, 1.165) is 27.9 Å². The summed E-state index contributed by atoms with van der Waals surface area (Å²) in [5, 5.41) is 16.8. The molecule has 29 heavy (non-hydrogen) atoms. The number of aryl methyl sites for hydroxylation is 1. The summed E-state index contributed by atoms with van der Waals surface area (Å²) in [6, 6.07) is 10.5. The summed E-state index contributed by atoms with van der Waals surface area (Å²) >= 11 is 6.14. The summed E-state index contributed by atoms with van der Waals surface area (Å²) in [7, 11) is 1.86. The molecule has 0 saturated carbocycles. The van der Waals surface area contributed by atoms with Gasteiger partial charge in [0.2, 0.25) is 0 Å². The molecule has 0 aliphatic heterocycles. The van der Waals surface area contributed by atoms with Gasteiger partial charge in [-0.05, 0) is 11.6 Å². The molecule has 4 rings (SSSR count). The minimum atomic E-state index is -0.590. The van der Waals surface area contributed by atoms with Crippen LogP contribution < -0.4 is 11.1 Å². The van der Waals surface area contributed by atoms with E-state index in [9.17, 15) is 4.79 Å². The zero-order valence-corrected chi connectivity index (χ0v) is 16.4. The lowest BCUT2D eigenvalue weighted by Crippen LogP contribution is -2.34. The number of nitrogens with zero attached hydrogens (tertiary/aromatic N) is 6. The van der Waals surface area contributed by atoms with Crippen LogP contribution in [0.5, 0.6) is 0 Å². The number of halogens is 1. The number of carbonyl (C=O) groups is 1. The maximum Gasteiger partial charge on any atom is 0.312 e. The Bertz CT molecular complexity index is 1150. The number of rotatable bonds is 6. The number of fused-ring (bicyclic) bond motifs is 1. The zero-order chi connectivity index (χ0) is 20.4. The average Bonchev–Trinajstić information content (AvgIpc) is 3.28. The molecule has 0 bridgehead atoms. The molecule has 10 heteroatoms. The average molecular weight is 411 g/mol. The van der Waals surface area contributed by atoms with Gasteiger partial charge >= 0.3 is 6.03 Å². The van der Waals surface area contributed by atoms with Gasteiger partial charge in [-0.1, -0.05) is 47.1 Å². The molecule has 0 aliphatic carbocycles. The molecule has 0 saturated heterocycles. The predicted molar refractivity (Wildman–Crippen MR) is 108 cm³/mol. The molecule has 0 aliphatic rings. The number of nitrogens with two attached hydrogens (primary N) is 1. The lowest BCUT2D eigenvalue weighted by Gasteiger charge is -2.16. The third-order valence-electron chi connectivity index (χ3n) is 4.59. The highest BCUT2D eigenvalue weighted by molar-refractivity contribution is 6.30. The van der Waals surface area contributed by atoms with Gasteiger partial charge in [0, 0.05) is 25.1 Å². The van der Waals surface area contributed by atoms with Crippen LogP contribution in [0, 0.1) is 0 Å². The first-order valence-corrected chi connectivity index (χ1v) is 9.34. The van der Waals surface area contributed by atoms with Crippen LogP contribution in [0.3, 0.4) is 0 Å². The first-order valence-electron chi connectivity index (χ1n) is 8.96. The first-order chi connectivity index (χ1) is 14.0. The fourth-order valence-electron chi connectivity index (χ4n) is 3.35. The minimum absolute atomic E-state index is 0.299. The maximum atomic E-state index is 11.4. The third-order valence-corrected chi connectivity index (χ3v) is 4.78. The molecule has 3 heterocycles. The second kappa shape index (κ2) is 7.88. The van der Waals surface area contributed by atoms with Crippen LogP contribution in [0.25, 0.3) is 10.9 Å². The van der Waals surface area contributed by atoms with Crippen molar-refractivity contribution in [1.29, 1.82) is 0 Å². The third kappa shape index (κ3) is 4.19. The normalized spacial score (nSPS) is 12.2. The molecule has 148 valence electrons. The topological polar surface area (TPSA) is 117 Å². The quantitative estimate of drug-likeness (QED) is 0.472. The van der Waals surface area contributed by atoms with Crippen LogP contribution >= 0.6 is 11.6 Å². The second-order valence-electron chi connectivity index (χ2n) is 6.68. The molecule has 3 aromatic heterocycles. The van der Waals surface area contributed by atoms with Gasteiger partial charge in [-0.15, -0.1) is 5.10 Å². The molecule has 1 unspecified atom stereocenters. The van der Waals surface area contributed by atoms with E-state index in [4.69, 9.17) is 17.3 Å². The van der Waals surface area contributed by atoms with Crippen molar-refractivity contribution >= 4 is 28.5 Å². The number of hydrogen-bond donors (Lipinski definition) is 2. The van der Waals surface area contributed by atoms with Crippen LogP contribution in [0.15, 0.2) is 48.8 Å². The van der Waals surface area contributed by atoms with Crippen molar-refractivity contribution in [3.05, 3.63) is 70.9 Å². The smallest absolute Gasteiger partial charge is 0.312 e. The van der Waals surface area contributed by atoms with Gasteiger partial charge in [-0.25, -0.2) is 14.5 Å². The van der Waals surface area contributed by atoms with Crippen LogP contribution in [0.1, 0.15) is 23.0 Å². The Hall–Kier alpha value is -3.46. The van der Waals surface area contributed by atoms with E-state index in [-0.39, 0.29) is 6.04 Å². The highest BCUT2D eigenvalue weighted by Crippen LogP contribution is 2.21. The van der Waals surface area contributed by atoms with Crippen molar-refractivity contribution in [3.8, 4) is 0 Å². The van der Waals surface area contributed by atoms with Crippen molar-refractivity contribution < 1.29 is 4.79 Å². The van der Waals surface area contributed by atoms with Gasteiger partial charge in [0.05, 0.1) is 35.7 Å². The fourth-order valence-corrected chi connectivity index (χ4v) is 3.57. The van der Waals surface area contributed by atoms with Crippen molar-refractivity contribution in [2.75, 3.05) is 0 Å². The molecule has 1 aromatic carbocycles. The highest BCUT2D eigenvalue weighted by atomic mass is 35.5. The highest BCUT2D eigenvalue weighted by Gasteiger charge is 2.17. The lowest BCUT2D eigenvalue weighted by molar-refractivity contribution is 0.245. The summed E-state index contributed by atoms with van der Waals surface area (Å²) in [5.41, 5.74) is 8.64. The van der Waals surface area contributed by atoms with Gasteiger partial charge < -0.3 is 11.1 Å². The Kier molecular flexibility index (Phi) is 5.13. The summed E-state index contributed by atoms with van der Waals surface area (Å²) in [6.45, 7) is 0.392. The monoisotopic (exact) mass is 410 g/mol. The molecule has 0 spiro atoms. The predicted octanol–water partition coefficient (Wildman–Crippen LogP) is 2.21.